The summed E-state index contributed by atoms with van der Waals surface area (Å²) in [4.78, 5) is 16.2. The third-order valence-corrected chi connectivity index (χ3v) is 5.02. The minimum absolute atomic E-state index is 0.0291. The van der Waals surface area contributed by atoms with Gasteiger partial charge in [-0.05, 0) is 47.4 Å². The molecule has 1 aliphatic heterocycles. The summed E-state index contributed by atoms with van der Waals surface area (Å²) in [6, 6.07) is 15.4. The topological polar surface area (TPSA) is 68.1 Å². The first-order valence-corrected chi connectivity index (χ1v) is 8.81. The molecule has 140 valence electrons. The maximum absolute atomic E-state index is 11.7. The summed E-state index contributed by atoms with van der Waals surface area (Å²) < 4.78 is 10.4. The molecule has 0 aliphatic carbocycles. The van der Waals surface area contributed by atoms with Gasteiger partial charge in [-0.2, -0.15) is 0 Å². The van der Waals surface area contributed by atoms with Gasteiger partial charge in [-0.3, -0.25) is 4.99 Å². The Morgan fingerprint density at radius 3 is 2.11 bits per heavy atom. The Hall–Kier alpha value is -3.08. The lowest BCUT2D eigenvalue weighted by atomic mass is 9.84. The highest BCUT2D eigenvalue weighted by atomic mass is 16.5. The average Bonchev–Trinajstić information content (AvgIpc) is 2.72. The van der Waals surface area contributed by atoms with Crippen molar-refractivity contribution in [3.05, 3.63) is 65.2 Å². The molecule has 5 heteroatoms. The van der Waals surface area contributed by atoms with Gasteiger partial charge in [0.1, 0.15) is 11.5 Å². The molecule has 3 rings (SSSR count). The van der Waals surface area contributed by atoms with Crippen LogP contribution in [0.4, 0.5) is 0 Å². The zero-order valence-electron chi connectivity index (χ0n) is 15.7. The second-order valence-corrected chi connectivity index (χ2v) is 6.54. The van der Waals surface area contributed by atoms with Crippen LogP contribution in [0, 0.1) is 0 Å². The molecule has 2 aromatic rings. The Kier molecular flexibility index (Phi) is 5.60. The largest absolute Gasteiger partial charge is 0.497 e. The lowest BCUT2D eigenvalue weighted by Crippen LogP contribution is -2.21. The van der Waals surface area contributed by atoms with E-state index in [1.807, 2.05) is 48.5 Å². The van der Waals surface area contributed by atoms with E-state index in [4.69, 9.17) is 9.47 Å². The minimum atomic E-state index is -0.958. The second-order valence-electron chi connectivity index (χ2n) is 6.54. The summed E-state index contributed by atoms with van der Waals surface area (Å²) in [5, 5.41) is 9.58. The molecule has 2 unspecified atom stereocenters. The molecule has 0 spiro atoms. The van der Waals surface area contributed by atoms with Crippen molar-refractivity contribution in [1.29, 1.82) is 0 Å². The molecule has 0 saturated heterocycles. The fraction of sp³-hybridized carbons (Fsp3) is 0.273. The van der Waals surface area contributed by atoms with Gasteiger partial charge in [0.05, 0.1) is 25.8 Å². The van der Waals surface area contributed by atoms with Gasteiger partial charge in [0.15, 0.2) is 0 Å². The number of carbonyl (C=O) groups is 1. The normalized spacial score (nSPS) is 17.5. The predicted octanol–water partition coefficient (Wildman–Crippen LogP) is 4.19. The van der Waals surface area contributed by atoms with Crippen LogP contribution in [0.3, 0.4) is 0 Å². The van der Waals surface area contributed by atoms with Crippen molar-refractivity contribution in [2.24, 2.45) is 4.99 Å². The van der Waals surface area contributed by atoms with Crippen molar-refractivity contribution < 1.29 is 19.4 Å². The number of methoxy groups -OCH3 is 2. The number of hydrogen-bond donors (Lipinski definition) is 1. The monoisotopic (exact) mass is 365 g/mol. The van der Waals surface area contributed by atoms with Crippen molar-refractivity contribution in [3.8, 4) is 11.5 Å². The van der Waals surface area contributed by atoms with E-state index in [0.29, 0.717) is 6.42 Å². The fourth-order valence-corrected chi connectivity index (χ4v) is 3.31. The molecule has 1 aliphatic rings. The first-order chi connectivity index (χ1) is 13.0. The maximum Gasteiger partial charge on any atom is 0.337 e. The molecule has 2 aromatic carbocycles. The zero-order valence-corrected chi connectivity index (χ0v) is 15.7. The molecule has 0 aromatic heterocycles. The highest BCUT2D eigenvalue weighted by Crippen LogP contribution is 2.35. The van der Waals surface area contributed by atoms with Gasteiger partial charge in [0, 0.05) is 12.1 Å². The van der Waals surface area contributed by atoms with E-state index in [-0.39, 0.29) is 17.5 Å². The second kappa shape index (κ2) is 8.08. The van der Waals surface area contributed by atoms with Crippen LogP contribution in [-0.4, -0.2) is 37.6 Å². The smallest absolute Gasteiger partial charge is 0.337 e. The van der Waals surface area contributed by atoms with Crippen molar-refractivity contribution in [1.82, 2.24) is 0 Å². The standard InChI is InChI=1S/C22H23NO4/c1-14(15-4-8-17(26-2)9-5-15)21-12-19(20(13-23-21)22(24)25)16-6-10-18(27-3)11-7-16/h4-11,13-14,21H,12H2,1-3H3,(H,24,25). The molecule has 0 radical (unpaired) electrons. The number of dihydropyridines is 1. The van der Waals surface area contributed by atoms with Crippen molar-refractivity contribution in [2.45, 2.75) is 25.3 Å². The van der Waals surface area contributed by atoms with Gasteiger partial charge >= 0.3 is 5.97 Å². The van der Waals surface area contributed by atoms with Crippen molar-refractivity contribution in [3.63, 3.8) is 0 Å². The van der Waals surface area contributed by atoms with Gasteiger partial charge in [0.2, 0.25) is 0 Å². The van der Waals surface area contributed by atoms with Crippen LogP contribution in [0.5, 0.6) is 11.5 Å². The van der Waals surface area contributed by atoms with Gasteiger partial charge in [-0.25, -0.2) is 4.79 Å². The fourth-order valence-electron chi connectivity index (χ4n) is 3.31. The first-order valence-electron chi connectivity index (χ1n) is 8.81. The summed E-state index contributed by atoms with van der Waals surface area (Å²) >= 11 is 0. The molecule has 2 atom stereocenters. The molecule has 27 heavy (non-hydrogen) atoms. The van der Waals surface area contributed by atoms with Crippen LogP contribution < -0.4 is 9.47 Å². The summed E-state index contributed by atoms with van der Waals surface area (Å²) in [5.41, 5.74) is 3.07. The number of rotatable bonds is 6. The molecule has 0 bridgehead atoms. The third-order valence-electron chi connectivity index (χ3n) is 5.02. The van der Waals surface area contributed by atoms with Gasteiger partial charge in [-0.15, -0.1) is 0 Å². The molecular weight excluding hydrogens is 342 g/mol. The summed E-state index contributed by atoms with van der Waals surface area (Å²) in [5.74, 6) is 0.741. The minimum Gasteiger partial charge on any atom is -0.497 e. The molecule has 1 N–H and O–H groups in total. The lowest BCUT2D eigenvalue weighted by Gasteiger charge is -2.26. The summed E-state index contributed by atoms with van der Waals surface area (Å²) in [6.45, 7) is 2.11. The van der Waals surface area contributed by atoms with Gasteiger partial charge < -0.3 is 14.6 Å². The lowest BCUT2D eigenvalue weighted by molar-refractivity contribution is -0.131. The Morgan fingerprint density at radius 1 is 1.04 bits per heavy atom. The number of ether oxygens (including phenoxy) is 2. The van der Waals surface area contributed by atoms with Crippen LogP contribution in [0.15, 0.2) is 59.1 Å². The number of carboxylic acids is 1. The number of carboxylic acid groups (broad SMARTS) is 1. The first kappa shape index (κ1) is 18.7. The van der Waals surface area contributed by atoms with Crippen LogP contribution in [0.1, 0.15) is 30.4 Å². The van der Waals surface area contributed by atoms with Crippen molar-refractivity contribution >= 4 is 17.8 Å². The summed E-state index contributed by atoms with van der Waals surface area (Å²) in [6.07, 6.45) is 2.06. The zero-order chi connectivity index (χ0) is 19.4. The Bertz CT molecular complexity index is 866. The average molecular weight is 365 g/mol. The SMILES string of the molecule is COc1ccc(C2=C(C(=O)O)C=NC(C(C)c3ccc(OC)cc3)C2)cc1. The molecule has 0 saturated carbocycles. The predicted molar refractivity (Wildman–Crippen MR) is 106 cm³/mol. The van der Waals surface area contributed by atoms with Crippen molar-refractivity contribution in [2.75, 3.05) is 14.2 Å². The van der Waals surface area contributed by atoms with E-state index < -0.39 is 5.97 Å². The molecule has 1 heterocycles. The van der Waals surface area contributed by atoms with Crippen LogP contribution in [0.25, 0.3) is 5.57 Å². The van der Waals surface area contributed by atoms with Crippen LogP contribution in [-0.2, 0) is 4.79 Å². The molecule has 5 nitrogen and oxygen atoms in total. The van der Waals surface area contributed by atoms with E-state index >= 15 is 0 Å². The van der Waals surface area contributed by atoms with Gasteiger partial charge in [-0.1, -0.05) is 31.2 Å². The number of benzene rings is 2. The van der Waals surface area contributed by atoms with E-state index in [1.54, 1.807) is 14.2 Å². The highest BCUT2D eigenvalue weighted by molar-refractivity contribution is 6.16. The van der Waals surface area contributed by atoms with Crippen LogP contribution in [0.2, 0.25) is 0 Å². The quantitative estimate of drug-likeness (QED) is 0.833. The Balaban J connectivity index is 1.88. The Morgan fingerprint density at radius 2 is 1.59 bits per heavy atom. The highest BCUT2D eigenvalue weighted by Gasteiger charge is 2.27. The summed E-state index contributed by atoms with van der Waals surface area (Å²) in [7, 11) is 3.25. The van der Waals surface area contributed by atoms with Crippen LogP contribution >= 0.6 is 0 Å². The van der Waals surface area contributed by atoms with E-state index in [9.17, 15) is 9.90 Å². The molecule has 0 amide bonds. The number of hydrogen-bond acceptors (Lipinski definition) is 4. The number of nitrogens with zero attached hydrogens (tertiary/aromatic N) is 1. The van der Waals surface area contributed by atoms with E-state index in [0.717, 1.165) is 28.2 Å². The number of aliphatic imine (C=N–C) groups is 1. The Labute approximate surface area is 159 Å². The number of aliphatic carboxylic acids is 1. The van der Waals surface area contributed by atoms with E-state index in [1.165, 1.54) is 6.21 Å². The molecule has 0 fully saturated rings. The maximum atomic E-state index is 11.7. The van der Waals surface area contributed by atoms with E-state index in [2.05, 4.69) is 11.9 Å². The van der Waals surface area contributed by atoms with Gasteiger partial charge in [0.25, 0.3) is 0 Å². The third kappa shape index (κ3) is 4.03. The molecular formula is C22H23NO4.